The van der Waals surface area contributed by atoms with Crippen molar-refractivity contribution in [2.75, 3.05) is 5.32 Å². The van der Waals surface area contributed by atoms with Crippen LogP contribution in [0.15, 0.2) is 65.9 Å². The van der Waals surface area contributed by atoms with Crippen LogP contribution in [0.2, 0.25) is 0 Å². The summed E-state index contributed by atoms with van der Waals surface area (Å²) in [7, 11) is 0. The predicted molar refractivity (Wildman–Crippen MR) is 116 cm³/mol. The number of anilines is 1. The molecule has 1 aliphatic heterocycles. The van der Waals surface area contributed by atoms with Crippen molar-refractivity contribution in [3.8, 4) is 0 Å². The van der Waals surface area contributed by atoms with E-state index in [2.05, 4.69) is 5.32 Å². The molecule has 4 rings (SSSR count). The summed E-state index contributed by atoms with van der Waals surface area (Å²) >= 11 is 0. The Hall–Kier alpha value is -3.74. The molecule has 2 unspecified atom stereocenters. The molecule has 0 spiro atoms. The Bertz CT molecular complexity index is 1170. The zero-order valence-electron chi connectivity index (χ0n) is 18.2. The molecule has 0 aromatic heterocycles. The number of fused-ring (bicyclic) bond motifs is 1. The number of esters is 1. The minimum atomic E-state index is -2.23. The van der Waals surface area contributed by atoms with E-state index in [-0.39, 0.29) is 22.5 Å². The number of nitrogens with one attached hydrogen (secondary N) is 1. The van der Waals surface area contributed by atoms with Crippen LogP contribution in [0.3, 0.4) is 0 Å². The van der Waals surface area contributed by atoms with Crippen molar-refractivity contribution in [3.63, 3.8) is 0 Å². The number of benzene rings is 2. The molecule has 1 aliphatic carbocycles. The quantitative estimate of drug-likeness (QED) is 0.582. The van der Waals surface area contributed by atoms with E-state index >= 15 is 0 Å². The second-order valence-electron chi connectivity index (χ2n) is 8.79. The Balaban J connectivity index is 1.91. The van der Waals surface area contributed by atoms with Gasteiger partial charge in [-0.15, -0.1) is 0 Å². The maximum Gasteiger partial charge on any atom is 0.361 e. The molecule has 1 N–H and O–H groups in total. The first-order valence-corrected chi connectivity index (χ1v) is 10.2. The van der Waals surface area contributed by atoms with E-state index in [9.17, 15) is 19.2 Å². The molecule has 1 heterocycles. The molecule has 0 saturated heterocycles. The third kappa shape index (κ3) is 3.30. The summed E-state index contributed by atoms with van der Waals surface area (Å²) < 4.78 is 11.4. The normalized spacial score (nSPS) is 22.1. The van der Waals surface area contributed by atoms with Crippen molar-refractivity contribution in [2.24, 2.45) is 0 Å². The van der Waals surface area contributed by atoms with Gasteiger partial charge in [-0.2, -0.15) is 0 Å². The van der Waals surface area contributed by atoms with E-state index in [1.165, 1.54) is 13.0 Å². The van der Waals surface area contributed by atoms with Crippen LogP contribution < -0.4 is 5.32 Å². The summed E-state index contributed by atoms with van der Waals surface area (Å²) in [5.41, 5.74) is -2.32. The minimum Gasteiger partial charge on any atom is -0.460 e. The fourth-order valence-corrected chi connectivity index (χ4v) is 3.97. The lowest BCUT2D eigenvalue weighted by Crippen LogP contribution is -2.59. The average Bonchev–Trinajstić information content (AvgIpc) is 3.08. The second-order valence-corrected chi connectivity index (χ2v) is 8.79. The van der Waals surface area contributed by atoms with Gasteiger partial charge < -0.3 is 14.8 Å². The highest BCUT2D eigenvalue weighted by Gasteiger charge is 2.64. The van der Waals surface area contributed by atoms with Crippen LogP contribution in [0.25, 0.3) is 0 Å². The van der Waals surface area contributed by atoms with Gasteiger partial charge in [0.2, 0.25) is 5.78 Å². The van der Waals surface area contributed by atoms with Gasteiger partial charge in [-0.25, -0.2) is 4.79 Å². The number of carbonyl (C=O) groups is 4. The van der Waals surface area contributed by atoms with Gasteiger partial charge in [0.05, 0.1) is 5.57 Å². The molecular weight excluding hydrogens is 410 g/mol. The molecule has 32 heavy (non-hydrogen) atoms. The molecule has 0 amide bonds. The monoisotopic (exact) mass is 433 g/mol. The second kappa shape index (κ2) is 7.44. The van der Waals surface area contributed by atoms with Crippen LogP contribution in [0.4, 0.5) is 5.69 Å². The molecule has 0 bridgehead atoms. The van der Waals surface area contributed by atoms with Gasteiger partial charge in [-0.1, -0.05) is 42.5 Å². The zero-order valence-corrected chi connectivity index (χ0v) is 18.2. The largest absolute Gasteiger partial charge is 0.460 e. The SMILES string of the molecule is CC(=O)C1(C(=O)OC(C)(C)C)OC2=C(C(=O)c3ccccc3C2=O)C1Nc1ccccc1. The maximum atomic E-state index is 13.5. The van der Waals surface area contributed by atoms with Crippen molar-refractivity contribution in [3.05, 3.63) is 77.1 Å². The summed E-state index contributed by atoms with van der Waals surface area (Å²) in [4.78, 5) is 53.1. The summed E-state index contributed by atoms with van der Waals surface area (Å²) in [6.45, 7) is 6.16. The van der Waals surface area contributed by atoms with Crippen LogP contribution >= 0.6 is 0 Å². The molecule has 7 nitrogen and oxygen atoms in total. The third-order valence-corrected chi connectivity index (χ3v) is 5.38. The lowest BCUT2D eigenvalue weighted by molar-refractivity contribution is -0.179. The Kier molecular flexibility index (Phi) is 5.00. The molecule has 0 fully saturated rings. The van der Waals surface area contributed by atoms with Gasteiger partial charge in [0, 0.05) is 16.8 Å². The third-order valence-electron chi connectivity index (χ3n) is 5.38. The van der Waals surface area contributed by atoms with Gasteiger partial charge in [-0.3, -0.25) is 14.4 Å². The fourth-order valence-electron chi connectivity index (χ4n) is 3.97. The van der Waals surface area contributed by atoms with Crippen LogP contribution in [0.5, 0.6) is 0 Å². The number of Topliss-reactive ketones (excluding diaryl/α,β-unsaturated/α-hetero) is 3. The van der Waals surface area contributed by atoms with E-state index in [4.69, 9.17) is 9.47 Å². The zero-order chi connectivity index (χ0) is 23.3. The van der Waals surface area contributed by atoms with Gasteiger partial charge in [0.15, 0.2) is 17.3 Å². The number of allylic oxidation sites excluding steroid dienone is 1. The molecular formula is C25H23NO6. The first kappa shape index (κ1) is 21.5. The molecule has 0 saturated carbocycles. The molecule has 7 heteroatoms. The molecule has 0 radical (unpaired) electrons. The van der Waals surface area contributed by atoms with Gasteiger partial charge in [0.1, 0.15) is 11.6 Å². The molecule has 2 atom stereocenters. The fraction of sp³-hybridized carbons (Fsp3) is 0.280. The number of carbonyl (C=O) groups excluding carboxylic acids is 4. The molecule has 2 aromatic carbocycles. The van der Waals surface area contributed by atoms with Gasteiger partial charge in [0.25, 0.3) is 5.60 Å². The molecule has 2 aliphatic rings. The predicted octanol–water partition coefficient (Wildman–Crippen LogP) is 3.50. The summed E-state index contributed by atoms with van der Waals surface area (Å²) in [6, 6.07) is 13.9. The van der Waals surface area contributed by atoms with Crippen LogP contribution in [0, 0.1) is 0 Å². The lowest BCUT2D eigenvalue weighted by atomic mass is 9.80. The smallest absolute Gasteiger partial charge is 0.361 e. The van der Waals surface area contributed by atoms with Crippen molar-refractivity contribution in [2.45, 2.75) is 44.9 Å². The highest BCUT2D eigenvalue weighted by molar-refractivity contribution is 6.29. The Morgan fingerprint density at radius 3 is 2.06 bits per heavy atom. The van der Waals surface area contributed by atoms with Crippen LogP contribution in [-0.4, -0.2) is 40.6 Å². The molecule has 164 valence electrons. The number of ether oxygens (including phenoxy) is 2. The highest BCUT2D eigenvalue weighted by Crippen LogP contribution is 2.44. The number of rotatable bonds is 4. The number of hydrogen-bond acceptors (Lipinski definition) is 7. The van der Waals surface area contributed by atoms with Gasteiger partial charge >= 0.3 is 5.97 Å². The minimum absolute atomic E-state index is 0.0568. The van der Waals surface area contributed by atoms with Crippen LogP contribution in [-0.2, 0) is 19.1 Å². The lowest BCUT2D eigenvalue weighted by Gasteiger charge is -2.34. The Morgan fingerprint density at radius 2 is 1.50 bits per heavy atom. The number of para-hydroxylation sites is 1. The van der Waals surface area contributed by atoms with Crippen LogP contribution in [0.1, 0.15) is 48.4 Å². The van der Waals surface area contributed by atoms with Crippen molar-refractivity contribution in [1.82, 2.24) is 0 Å². The number of hydrogen-bond donors (Lipinski definition) is 1. The van der Waals surface area contributed by atoms with Crippen molar-refractivity contribution in [1.29, 1.82) is 0 Å². The highest BCUT2D eigenvalue weighted by atomic mass is 16.6. The standard InChI is InChI=1S/C25H23NO6/c1-14(27)25(23(30)32-24(2,3)4)22(26-15-10-6-5-7-11-15)18-19(28)16-12-8-9-13-17(16)20(29)21(18)31-25/h5-13,22,26H,1-4H3. The maximum absolute atomic E-state index is 13.5. The van der Waals surface area contributed by atoms with E-state index in [0.717, 1.165) is 0 Å². The first-order chi connectivity index (χ1) is 15.1. The summed E-state index contributed by atoms with van der Waals surface area (Å²) in [5, 5.41) is 3.08. The van der Waals surface area contributed by atoms with E-state index < -0.39 is 40.6 Å². The van der Waals surface area contributed by atoms with E-state index in [1.807, 2.05) is 0 Å². The number of ketones is 3. The Morgan fingerprint density at radius 1 is 0.938 bits per heavy atom. The molecule has 2 aromatic rings. The Labute approximate surface area is 185 Å². The average molecular weight is 433 g/mol. The topological polar surface area (TPSA) is 98.8 Å². The summed E-state index contributed by atoms with van der Waals surface area (Å²) in [5.74, 6) is -2.98. The van der Waals surface area contributed by atoms with E-state index in [0.29, 0.717) is 5.69 Å². The van der Waals surface area contributed by atoms with Crippen molar-refractivity contribution < 1.29 is 28.7 Å². The first-order valence-electron chi connectivity index (χ1n) is 10.2. The summed E-state index contributed by atoms with van der Waals surface area (Å²) in [6.07, 6.45) is 0. The van der Waals surface area contributed by atoms with Crippen molar-refractivity contribution >= 4 is 29.0 Å². The van der Waals surface area contributed by atoms with Gasteiger partial charge in [-0.05, 0) is 39.8 Å². The van der Waals surface area contributed by atoms with E-state index in [1.54, 1.807) is 69.3 Å².